The van der Waals surface area contributed by atoms with Gasteiger partial charge in [0, 0.05) is 5.69 Å². The molecule has 0 aliphatic carbocycles. The number of rotatable bonds is 2. The van der Waals surface area contributed by atoms with Crippen molar-refractivity contribution < 1.29 is 0 Å². The van der Waals surface area contributed by atoms with Crippen molar-refractivity contribution in [1.29, 1.82) is 5.26 Å². The van der Waals surface area contributed by atoms with Crippen molar-refractivity contribution in [2.75, 3.05) is 5.73 Å². The minimum atomic E-state index is 0.424. The Kier molecular flexibility index (Phi) is 3.10. The van der Waals surface area contributed by atoms with E-state index < -0.39 is 0 Å². The first-order valence-corrected chi connectivity index (χ1v) is 4.13. The third kappa shape index (κ3) is 2.64. The van der Waals surface area contributed by atoms with E-state index in [0.717, 1.165) is 16.8 Å². The summed E-state index contributed by atoms with van der Waals surface area (Å²) >= 11 is 0. The molecule has 0 bridgehead atoms. The summed E-state index contributed by atoms with van der Waals surface area (Å²) in [4.78, 5) is 0. The van der Waals surface area contributed by atoms with Gasteiger partial charge in [-0.1, -0.05) is 24.3 Å². The molecule has 66 valence electrons. The molecule has 2 N–H and O–H groups in total. The van der Waals surface area contributed by atoms with Crippen LogP contribution in [-0.2, 0) is 0 Å². The van der Waals surface area contributed by atoms with Crippen LogP contribution >= 0.6 is 0 Å². The van der Waals surface area contributed by atoms with E-state index in [0.29, 0.717) is 6.42 Å². The van der Waals surface area contributed by atoms with Gasteiger partial charge in [-0.3, -0.25) is 0 Å². The normalized spacial score (nSPS) is 10.2. The summed E-state index contributed by atoms with van der Waals surface area (Å²) in [7, 11) is 0. The maximum atomic E-state index is 8.33. The minimum absolute atomic E-state index is 0.424. The van der Waals surface area contributed by atoms with Gasteiger partial charge in [0.2, 0.25) is 0 Å². The largest absolute Gasteiger partial charge is 0.398 e. The van der Waals surface area contributed by atoms with Crippen LogP contribution < -0.4 is 5.73 Å². The molecule has 1 aromatic rings. The fraction of sp³-hybridized carbons (Fsp3) is 0.182. The monoisotopic (exact) mass is 172 g/mol. The van der Waals surface area contributed by atoms with Gasteiger partial charge in [0.05, 0.1) is 12.5 Å². The maximum absolute atomic E-state index is 8.33. The maximum Gasteiger partial charge on any atom is 0.0663 e. The Bertz CT molecular complexity index is 359. The molecule has 1 rings (SSSR count). The topological polar surface area (TPSA) is 49.8 Å². The highest BCUT2D eigenvalue weighted by Crippen LogP contribution is 2.15. The van der Waals surface area contributed by atoms with E-state index in [1.807, 2.05) is 37.3 Å². The average molecular weight is 172 g/mol. The summed E-state index contributed by atoms with van der Waals surface area (Å²) in [6, 6.07) is 7.92. The van der Waals surface area contributed by atoms with Crippen LogP contribution in [0, 0.1) is 18.3 Å². The summed E-state index contributed by atoms with van der Waals surface area (Å²) in [5, 5.41) is 8.33. The molecule has 0 saturated heterocycles. The summed E-state index contributed by atoms with van der Waals surface area (Å²) in [6.07, 6.45) is 4.10. The molecule has 0 aromatic heterocycles. The number of hydrogen-bond donors (Lipinski definition) is 1. The molecule has 0 radical (unpaired) electrons. The van der Waals surface area contributed by atoms with Crippen LogP contribution in [-0.4, -0.2) is 0 Å². The van der Waals surface area contributed by atoms with E-state index in [1.165, 1.54) is 0 Å². The number of aryl methyl sites for hydroxylation is 1. The Labute approximate surface area is 78.3 Å². The minimum Gasteiger partial charge on any atom is -0.398 e. The SMILES string of the molecule is Cc1ccc(C=CCC#N)c(N)c1. The zero-order valence-corrected chi connectivity index (χ0v) is 7.62. The summed E-state index contributed by atoms with van der Waals surface area (Å²) in [6.45, 7) is 2.00. The zero-order valence-electron chi connectivity index (χ0n) is 7.62. The van der Waals surface area contributed by atoms with Gasteiger partial charge in [0.1, 0.15) is 0 Å². The lowest BCUT2D eigenvalue weighted by Gasteiger charge is -2.00. The van der Waals surface area contributed by atoms with Crippen LogP contribution in [0.5, 0.6) is 0 Å². The van der Waals surface area contributed by atoms with Crippen LogP contribution in [0.2, 0.25) is 0 Å². The third-order valence-corrected chi connectivity index (χ3v) is 1.75. The molecule has 0 spiro atoms. The van der Waals surface area contributed by atoms with Gasteiger partial charge in [0.25, 0.3) is 0 Å². The van der Waals surface area contributed by atoms with Gasteiger partial charge >= 0.3 is 0 Å². The number of nitrogens with zero attached hydrogens (tertiary/aromatic N) is 1. The molecular formula is C11H12N2. The van der Waals surface area contributed by atoms with Crippen LogP contribution in [0.1, 0.15) is 17.5 Å². The lowest BCUT2D eigenvalue weighted by atomic mass is 10.1. The van der Waals surface area contributed by atoms with Crippen molar-refractivity contribution in [2.45, 2.75) is 13.3 Å². The lowest BCUT2D eigenvalue weighted by Crippen LogP contribution is -1.89. The quantitative estimate of drug-likeness (QED) is 0.697. The first kappa shape index (κ1) is 9.34. The summed E-state index contributed by atoms with van der Waals surface area (Å²) in [5.74, 6) is 0. The third-order valence-electron chi connectivity index (χ3n) is 1.75. The van der Waals surface area contributed by atoms with E-state index in [1.54, 1.807) is 6.08 Å². The molecule has 0 amide bonds. The molecule has 2 heteroatoms. The van der Waals surface area contributed by atoms with E-state index in [2.05, 4.69) is 0 Å². The van der Waals surface area contributed by atoms with Gasteiger partial charge in [-0.25, -0.2) is 0 Å². The van der Waals surface area contributed by atoms with Crippen LogP contribution in [0.15, 0.2) is 24.3 Å². The Morgan fingerprint density at radius 1 is 1.54 bits per heavy atom. The standard InChI is InChI=1S/C11H12N2/c1-9-5-6-10(11(13)8-9)4-2-3-7-12/h2,4-6,8H,3,13H2,1H3. The number of nitrogens with two attached hydrogens (primary N) is 1. The predicted molar refractivity (Wildman–Crippen MR) is 54.9 cm³/mol. The number of nitrogen functional groups attached to an aromatic ring is 1. The van der Waals surface area contributed by atoms with Gasteiger partial charge < -0.3 is 5.73 Å². The molecule has 0 saturated carbocycles. The molecule has 0 unspecified atom stereocenters. The summed E-state index contributed by atoms with van der Waals surface area (Å²) < 4.78 is 0. The van der Waals surface area contributed by atoms with Crippen LogP contribution in [0.25, 0.3) is 6.08 Å². The number of allylic oxidation sites excluding steroid dienone is 1. The van der Waals surface area contributed by atoms with Gasteiger partial charge in [-0.05, 0) is 24.1 Å². The number of anilines is 1. The predicted octanol–water partition coefficient (Wildman–Crippen LogP) is 2.50. The molecule has 0 heterocycles. The highest BCUT2D eigenvalue weighted by molar-refractivity contribution is 5.65. The van der Waals surface area contributed by atoms with Crippen molar-refractivity contribution in [1.82, 2.24) is 0 Å². The Morgan fingerprint density at radius 2 is 2.31 bits per heavy atom. The smallest absolute Gasteiger partial charge is 0.0663 e. The zero-order chi connectivity index (χ0) is 9.68. The Morgan fingerprint density at radius 3 is 2.92 bits per heavy atom. The molecule has 0 atom stereocenters. The van der Waals surface area contributed by atoms with E-state index in [9.17, 15) is 0 Å². The summed E-state index contributed by atoms with van der Waals surface area (Å²) in [5.41, 5.74) is 8.65. The van der Waals surface area contributed by atoms with Crippen LogP contribution in [0.4, 0.5) is 5.69 Å². The number of benzene rings is 1. The molecule has 0 aliphatic rings. The Balaban J connectivity index is 2.85. The van der Waals surface area contributed by atoms with E-state index in [-0.39, 0.29) is 0 Å². The second-order valence-electron chi connectivity index (χ2n) is 2.90. The molecule has 0 fully saturated rings. The van der Waals surface area contributed by atoms with E-state index in [4.69, 9.17) is 11.0 Å². The second-order valence-corrected chi connectivity index (χ2v) is 2.90. The highest BCUT2D eigenvalue weighted by atomic mass is 14.6. The molecule has 13 heavy (non-hydrogen) atoms. The molecule has 0 aliphatic heterocycles. The van der Waals surface area contributed by atoms with Gasteiger partial charge in [-0.2, -0.15) is 5.26 Å². The van der Waals surface area contributed by atoms with Crippen LogP contribution in [0.3, 0.4) is 0 Å². The fourth-order valence-electron chi connectivity index (χ4n) is 1.08. The highest BCUT2D eigenvalue weighted by Gasteiger charge is 1.93. The molecule has 1 aromatic carbocycles. The van der Waals surface area contributed by atoms with Gasteiger partial charge in [0.15, 0.2) is 0 Å². The van der Waals surface area contributed by atoms with Crippen molar-refractivity contribution in [3.63, 3.8) is 0 Å². The molecule has 2 nitrogen and oxygen atoms in total. The van der Waals surface area contributed by atoms with Crippen molar-refractivity contribution in [3.8, 4) is 6.07 Å². The van der Waals surface area contributed by atoms with Crippen molar-refractivity contribution in [3.05, 3.63) is 35.4 Å². The van der Waals surface area contributed by atoms with Gasteiger partial charge in [-0.15, -0.1) is 0 Å². The first-order chi connectivity index (χ1) is 6.24. The molecular weight excluding hydrogens is 160 g/mol. The first-order valence-electron chi connectivity index (χ1n) is 4.13. The number of hydrogen-bond acceptors (Lipinski definition) is 2. The van der Waals surface area contributed by atoms with Crippen molar-refractivity contribution >= 4 is 11.8 Å². The second kappa shape index (κ2) is 4.32. The lowest BCUT2D eigenvalue weighted by molar-refractivity contribution is 1.36. The van der Waals surface area contributed by atoms with E-state index >= 15 is 0 Å². The number of nitriles is 1. The average Bonchev–Trinajstić information content (AvgIpc) is 2.09. The Hall–Kier alpha value is -1.75. The van der Waals surface area contributed by atoms with Crippen molar-refractivity contribution in [2.24, 2.45) is 0 Å². The fourth-order valence-corrected chi connectivity index (χ4v) is 1.08.